The molecule has 43 heavy (non-hydrogen) atoms. The van der Waals surface area contributed by atoms with E-state index in [0.29, 0.717) is 6.42 Å². The molecule has 236 valence electrons. The Balaban J connectivity index is 2.00. The molecule has 0 saturated carbocycles. The first-order valence-corrected chi connectivity index (χ1v) is 14.5. The number of carboxylic acid groups (broad SMARTS) is 1. The number of anilines is 2. The maximum atomic E-state index is 16.3. The van der Waals surface area contributed by atoms with Crippen LogP contribution in [0.2, 0.25) is 0 Å². The number of fused-ring (bicyclic) bond motifs is 1. The molecule has 0 spiro atoms. The highest BCUT2D eigenvalue weighted by atomic mass is 19.1. The molecular weight excluding hydrogens is 557 g/mol. The fraction of sp³-hybridized carbons (Fsp3) is 0.531. The molecule has 2 aromatic carbocycles. The van der Waals surface area contributed by atoms with Crippen LogP contribution in [0.1, 0.15) is 72.9 Å². The lowest BCUT2D eigenvalue weighted by Gasteiger charge is -2.34. The lowest BCUT2D eigenvalue weighted by molar-refractivity contribution is -0.152. The van der Waals surface area contributed by atoms with Gasteiger partial charge in [-0.15, -0.1) is 0 Å². The van der Waals surface area contributed by atoms with Gasteiger partial charge in [0, 0.05) is 30.6 Å². The average Bonchev–Trinajstić information content (AvgIpc) is 3.26. The van der Waals surface area contributed by atoms with E-state index in [-0.39, 0.29) is 54.8 Å². The maximum absolute atomic E-state index is 16.3. The van der Waals surface area contributed by atoms with Crippen molar-refractivity contribution in [2.75, 3.05) is 23.3 Å². The number of hydrogen-bond donors (Lipinski definition) is 2. The van der Waals surface area contributed by atoms with E-state index >= 15 is 4.39 Å². The Morgan fingerprint density at radius 2 is 1.72 bits per heavy atom. The Kier molecular flexibility index (Phi) is 10.5. The molecule has 1 aliphatic heterocycles. The fourth-order valence-corrected chi connectivity index (χ4v) is 4.75. The highest BCUT2D eigenvalue weighted by molar-refractivity contribution is 5.92. The second-order valence-electron chi connectivity index (χ2n) is 12.7. The van der Waals surface area contributed by atoms with Gasteiger partial charge in [-0.05, 0) is 60.5 Å². The van der Waals surface area contributed by atoms with E-state index in [0.717, 1.165) is 10.5 Å². The van der Waals surface area contributed by atoms with Gasteiger partial charge >= 0.3 is 18.2 Å². The summed E-state index contributed by atoms with van der Waals surface area (Å²) in [5, 5.41) is 13.1. The van der Waals surface area contributed by atoms with Gasteiger partial charge in [0.2, 0.25) is 0 Å². The van der Waals surface area contributed by atoms with Crippen molar-refractivity contribution in [3.05, 3.63) is 53.3 Å². The Morgan fingerprint density at radius 1 is 1.09 bits per heavy atom. The number of benzene rings is 2. The van der Waals surface area contributed by atoms with Crippen LogP contribution < -0.4 is 15.0 Å². The van der Waals surface area contributed by atoms with E-state index in [1.807, 2.05) is 44.2 Å². The van der Waals surface area contributed by atoms with Crippen LogP contribution >= 0.6 is 0 Å². The first-order chi connectivity index (χ1) is 20.0. The van der Waals surface area contributed by atoms with Crippen LogP contribution in [0.4, 0.5) is 25.4 Å². The molecule has 2 amide bonds. The predicted molar refractivity (Wildman–Crippen MR) is 162 cm³/mol. The zero-order valence-corrected chi connectivity index (χ0v) is 26.3. The van der Waals surface area contributed by atoms with Gasteiger partial charge in [0.15, 0.2) is 5.82 Å². The van der Waals surface area contributed by atoms with Gasteiger partial charge in [0.05, 0.1) is 11.7 Å². The van der Waals surface area contributed by atoms with E-state index in [1.165, 1.54) is 11.0 Å². The van der Waals surface area contributed by atoms with E-state index in [4.69, 9.17) is 14.2 Å². The summed E-state index contributed by atoms with van der Waals surface area (Å²) in [6, 6.07) is 9.66. The van der Waals surface area contributed by atoms with Crippen molar-refractivity contribution < 1.29 is 38.1 Å². The molecule has 0 radical (unpaired) electrons. The molecule has 1 unspecified atom stereocenters. The third-order valence-electron chi connectivity index (χ3n) is 6.80. The number of nitrogens with zero attached hydrogens (tertiary/aromatic N) is 2. The zero-order chi connectivity index (χ0) is 32.1. The highest BCUT2D eigenvalue weighted by Crippen LogP contribution is 2.43. The minimum Gasteiger partial charge on any atom is -0.487 e. The zero-order valence-electron chi connectivity index (χ0n) is 26.3. The van der Waals surface area contributed by atoms with Gasteiger partial charge in [-0.2, -0.15) is 0 Å². The number of ether oxygens (including phenoxy) is 3. The van der Waals surface area contributed by atoms with Crippen molar-refractivity contribution >= 4 is 29.5 Å². The van der Waals surface area contributed by atoms with Crippen LogP contribution in [0.5, 0.6) is 5.75 Å². The van der Waals surface area contributed by atoms with E-state index in [9.17, 15) is 19.5 Å². The monoisotopic (exact) mass is 601 g/mol. The van der Waals surface area contributed by atoms with Crippen molar-refractivity contribution in [2.24, 2.45) is 0 Å². The van der Waals surface area contributed by atoms with Crippen molar-refractivity contribution in [2.45, 2.75) is 98.1 Å². The smallest absolute Gasteiger partial charge is 0.412 e. The van der Waals surface area contributed by atoms with E-state index in [2.05, 4.69) is 5.32 Å². The highest BCUT2D eigenvalue weighted by Gasteiger charge is 2.41. The lowest BCUT2D eigenvalue weighted by atomic mass is 10.1. The predicted octanol–water partition coefficient (Wildman–Crippen LogP) is 6.60. The summed E-state index contributed by atoms with van der Waals surface area (Å²) in [6.07, 6.45) is -1.25. The molecule has 3 rings (SSSR count). The average molecular weight is 602 g/mol. The summed E-state index contributed by atoms with van der Waals surface area (Å²) >= 11 is 0. The van der Waals surface area contributed by atoms with Crippen LogP contribution in [0.25, 0.3) is 0 Å². The Labute approximate surface area is 253 Å². The third-order valence-corrected chi connectivity index (χ3v) is 6.80. The standard InChI is InChI=1S/C32H44FN3O7/c1-9-20(2)35(30(40)43-32(6,7)8)18-22-15-23-24(36(22)29(38)39)16-25(41-19-21-13-11-10-12-14-21)28(27(23)33)34-17-26(37)42-31(3,4)5/h10-14,16,20,22,34H,9,15,17-19H2,1-8H3,(H,38,39)/t20?,22-/m1/s1. The molecule has 10 nitrogen and oxygen atoms in total. The minimum absolute atomic E-state index is 0.00326. The Hall–Kier alpha value is -4.02. The number of halogens is 1. The SMILES string of the molecule is CCC(C)N(C[C@H]1Cc2c(cc(OCc3ccccc3)c(NCC(=O)OC(C)(C)C)c2F)N1C(=O)O)C(=O)OC(C)(C)C. The van der Waals surface area contributed by atoms with Crippen LogP contribution in [0.3, 0.4) is 0 Å². The Morgan fingerprint density at radius 3 is 2.28 bits per heavy atom. The summed E-state index contributed by atoms with van der Waals surface area (Å²) in [5.74, 6) is -1.28. The van der Waals surface area contributed by atoms with Gasteiger partial charge in [-0.3, -0.25) is 9.69 Å². The minimum atomic E-state index is -1.29. The van der Waals surface area contributed by atoms with Gasteiger partial charge in [-0.25, -0.2) is 14.0 Å². The first kappa shape index (κ1) is 33.5. The topological polar surface area (TPSA) is 118 Å². The summed E-state index contributed by atoms with van der Waals surface area (Å²) in [7, 11) is 0. The maximum Gasteiger partial charge on any atom is 0.412 e. The third kappa shape index (κ3) is 8.98. The molecule has 2 N–H and O–H groups in total. The fourth-order valence-electron chi connectivity index (χ4n) is 4.75. The normalized spacial score (nSPS) is 15.4. The van der Waals surface area contributed by atoms with Crippen LogP contribution in [-0.2, 0) is 27.3 Å². The summed E-state index contributed by atoms with van der Waals surface area (Å²) in [5.41, 5.74) is -0.478. The number of nitrogens with one attached hydrogen (secondary N) is 1. The molecule has 1 heterocycles. The summed E-state index contributed by atoms with van der Waals surface area (Å²) in [6.45, 7) is 14.0. The lowest BCUT2D eigenvalue weighted by Crippen LogP contribution is -2.50. The van der Waals surface area contributed by atoms with E-state index in [1.54, 1.807) is 41.5 Å². The molecule has 11 heteroatoms. The number of amides is 2. The molecule has 0 bridgehead atoms. The van der Waals surface area contributed by atoms with Gasteiger partial charge in [-0.1, -0.05) is 37.3 Å². The number of carbonyl (C=O) groups excluding carboxylic acids is 2. The number of rotatable bonds is 10. The van der Waals surface area contributed by atoms with Crippen molar-refractivity contribution in [1.29, 1.82) is 0 Å². The quantitative estimate of drug-likeness (QED) is 0.293. The van der Waals surface area contributed by atoms with E-state index < -0.39 is 41.2 Å². The molecule has 0 aromatic heterocycles. The molecule has 0 fully saturated rings. The number of esters is 1. The number of hydrogen-bond acceptors (Lipinski definition) is 7. The Bertz CT molecular complexity index is 1300. The van der Waals surface area contributed by atoms with Gasteiger partial charge < -0.3 is 29.5 Å². The van der Waals surface area contributed by atoms with Crippen molar-refractivity contribution in [3.8, 4) is 5.75 Å². The summed E-state index contributed by atoms with van der Waals surface area (Å²) in [4.78, 5) is 40.7. The molecular formula is C32H44FN3O7. The first-order valence-electron chi connectivity index (χ1n) is 14.5. The second-order valence-corrected chi connectivity index (χ2v) is 12.7. The van der Waals surface area contributed by atoms with Crippen molar-refractivity contribution in [1.82, 2.24) is 4.90 Å². The second kappa shape index (κ2) is 13.5. The molecule has 1 aliphatic rings. The van der Waals surface area contributed by atoms with Crippen LogP contribution in [0.15, 0.2) is 36.4 Å². The largest absolute Gasteiger partial charge is 0.487 e. The summed E-state index contributed by atoms with van der Waals surface area (Å²) < 4.78 is 33.2. The molecule has 2 aromatic rings. The van der Waals surface area contributed by atoms with Crippen LogP contribution in [0, 0.1) is 5.82 Å². The number of carbonyl (C=O) groups is 3. The van der Waals surface area contributed by atoms with Gasteiger partial charge in [0.1, 0.15) is 35.8 Å². The van der Waals surface area contributed by atoms with Crippen molar-refractivity contribution in [3.63, 3.8) is 0 Å². The molecule has 0 saturated heterocycles. The molecule has 2 atom stereocenters. The molecule has 0 aliphatic carbocycles. The van der Waals surface area contributed by atoms with Gasteiger partial charge in [0.25, 0.3) is 0 Å². The van der Waals surface area contributed by atoms with Crippen LogP contribution in [-0.4, -0.2) is 64.5 Å².